The molecule has 5 rings (SSSR count). The number of rotatable bonds is 2. The number of aliphatic carboxylic acids is 1. The SMILES string of the molecule is C[C@@]1(C(=O)O)CC(=O)[C@]2(C)CC[C@]3(C)C(=CC[C@@H]4[C@@]5(C)CCC(=O)[C@](C)(CO)[C@@H]5CC[C@]43C)[C@@H]2C1. The molecule has 4 fully saturated rings. The summed E-state index contributed by atoms with van der Waals surface area (Å²) in [5, 5.41) is 20.4. The quantitative estimate of drug-likeness (QED) is 0.498. The number of hydrogen-bond acceptors (Lipinski definition) is 4. The average molecular weight is 485 g/mol. The van der Waals surface area contributed by atoms with Crippen LogP contribution < -0.4 is 0 Å². The summed E-state index contributed by atoms with van der Waals surface area (Å²) in [6.07, 6.45) is 9.09. The van der Waals surface area contributed by atoms with E-state index in [2.05, 4.69) is 33.8 Å². The number of carbonyl (C=O) groups is 3. The largest absolute Gasteiger partial charge is 0.481 e. The van der Waals surface area contributed by atoms with Crippen LogP contribution in [0.5, 0.6) is 0 Å². The summed E-state index contributed by atoms with van der Waals surface area (Å²) in [5.41, 5.74) is -0.913. The Morgan fingerprint density at radius 1 is 0.971 bits per heavy atom. The molecule has 0 radical (unpaired) electrons. The molecule has 0 aromatic heterocycles. The minimum absolute atomic E-state index is 0.0144. The zero-order valence-corrected chi connectivity index (χ0v) is 22.5. The van der Waals surface area contributed by atoms with Crippen LogP contribution in [0.1, 0.15) is 99.3 Å². The second-order valence-corrected chi connectivity index (χ2v) is 14.4. The molecular weight excluding hydrogens is 440 g/mol. The zero-order chi connectivity index (χ0) is 25.8. The van der Waals surface area contributed by atoms with E-state index in [9.17, 15) is 24.6 Å². The van der Waals surface area contributed by atoms with Gasteiger partial charge in [-0.1, -0.05) is 46.3 Å². The van der Waals surface area contributed by atoms with Crippen molar-refractivity contribution in [3.63, 3.8) is 0 Å². The number of aliphatic hydroxyl groups excluding tert-OH is 1. The highest BCUT2D eigenvalue weighted by Gasteiger charge is 2.69. The van der Waals surface area contributed by atoms with Gasteiger partial charge in [-0.3, -0.25) is 14.4 Å². The maximum Gasteiger partial charge on any atom is 0.309 e. The second-order valence-electron chi connectivity index (χ2n) is 14.4. The van der Waals surface area contributed by atoms with Gasteiger partial charge in [-0.15, -0.1) is 0 Å². The summed E-state index contributed by atoms with van der Waals surface area (Å²) < 4.78 is 0. The third-order valence-corrected chi connectivity index (χ3v) is 13.1. The normalized spacial score (nSPS) is 53.6. The highest BCUT2D eigenvalue weighted by atomic mass is 16.4. The summed E-state index contributed by atoms with van der Waals surface area (Å²) in [6.45, 7) is 13.0. The van der Waals surface area contributed by atoms with E-state index in [1.165, 1.54) is 5.57 Å². The molecular formula is C30H44O5. The third kappa shape index (κ3) is 2.88. The van der Waals surface area contributed by atoms with Crippen molar-refractivity contribution < 1.29 is 24.6 Å². The maximum absolute atomic E-state index is 13.4. The fraction of sp³-hybridized carbons (Fsp3) is 0.833. The minimum atomic E-state index is -1.01. The molecule has 0 amide bonds. The van der Waals surface area contributed by atoms with E-state index in [1.54, 1.807) is 6.92 Å². The van der Waals surface area contributed by atoms with E-state index >= 15 is 0 Å². The molecule has 5 aliphatic carbocycles. The first-order valence-corrected chi connectivity index (χ1v) is 13.7. The molecule has 5 heteroatoms. The van der Waals surface area contributed by atoms with Crippen LogP contribution in [-0.4, -0.2) is 34.4 Å². The number of aliphatic hydroxyl groups is 1. The predicted molar refractivity (Wildman–Crippen MR) is 133 cm³/mol. The van der Waals surface area contributed by atoms with Crippen LogP contribution in [0, 0.1) is 50.2 Å². The van der Waals surface area contributed by atoms with Gasteiger partial charge in [-0.25, -0.2) is 0 Å². The lowest BCUT2D eigenvalue weighted by Crippen LogP contribution is -2.65. The summed E-state index contributed by atoms with van der Waals surface area (Å²) in [6, 6.07) is 0. The highest BCUT2D eigenvalue weighted by Crippen LogP contribution is 2.75. The number of carbonyl (C=O) groups excluding carboxylic acids is 2. The van der Waals surface area contributed by atoms with Crippen molar-refractivity contribution in [3.05, 3.63) is 11.6 Å². The zero-order valence-electron chi connectivity index (χ0n) is 22.5. The molecule has 5 nitrogen and oxygen atoms in total. The van der Waals surface area contributed by atoms with Gasteiger partial charge in [-0.05, 0) is 85.9 Å². The number of fused-ring (bicyclic) bond motifs is 7. The number of hydrogen-bond donors (Lipinski definition) is 2. The Kier molecular flexibility index (Phi) is 5.25. The number of ketones is 2. The van der Waals surface area contributed by atoms with Crippen LogP contribution in [-0.2, 0) is 14.4 Å². The number of Topliss-reactive ketones (excluding diaryl/α,β-unsaturated/α-hetero) is 2. The first kappa shape index (κ1) is 25.2. The van der Waals surface area contributed by atoms with Gasteiger partial charge in [0.15, 0.2) is 0 Å². The smallest absolute Gasteiger partial charge is 0.309 e. The van der Waals surface area contributed by atoms with Crippen molar-refractivity contribution in [2.24, 2.45) is 50.2 Å². The van der Waals surface area contributed by atoms with Gasteiger partial charge in [0, 0.05) is 18.3 Å². The van der Waals surface area contributed by atoms with Crippen molar-refractivity contribution in [1.29, 1.82) is 0 Å². The Balaban J connectivity index is 1.60. The average Bonchev–Trinajstić information content (AvgIpc) is 2.79. The first-order valence-electron chi connectivity index (χ1n) is 13.7. The fourth-order valence-corrected chi connectivity index (χ4v) is 10.3. The molecule has 0 aromatic carbocycles. The van der Waals surface area contributed by atoms with Crippen molar-refractivity contribution >= 4 is 17.5 Å². The molecule has 2 N–H and O–H groups in total. The molecule has 5 aliphatic rings. The molecule has 194 valence electrons. The lowest BCUT2D eigenvalue weighted by molar-refractivity contribution is -0.192. The molecule has 0 aromatic rings. The minimum Gasteiger partial charge on any atom is -0.481 e. The van der Waals surface area contributed by atoms with Crippen LogP contribution in [0.25, 0.3) is 0 Å². The van der Waals surface area contributed by atoms with Crippen LogP contribution in [0.4, 0.5) is 0 Å². The summed E-state index contributed by atoms with van der Waals surface area (Å²) in [4.78, 5) is 38.6. The van der Waals surface area contributed by atoms with Crippen molar-refractivity contribution in [3.8, 4) is 0 Å². The Bertz CT molecular complexity index is 1030. The number of allylic oxidation sites excluding steroid dienone is 2. The Morgan fingerprint density at radius 2 is 1.66 bits per heavy atom. The van der Waals surface area contributed by atoms with E-state index in [4.69, 9.17) is 0 Å². The van der Waals surface area contributed by atoms with E-state index in [0.29, 0.717) is 18.8 Å². The monoisotopic (exact) mass is 484 g/mol. The van der Waals surface area contributed by atoms with E-state index in [0.717, 1.165) is 38.5 Å². The molecule has 0 saturated heterocycles. The van der Waals surface area contributed by atoms with Crippen LogP contribution in [0.15, 0.2) is 11.6 Å². The molecule has 35 heavy (non-hydrogen) atoms. The molecule has 9 atom stereocenters. The second kappa shape index (κ2) is 7.30. The highest BCUT2D eigenvalue weighted by molar-refractivity contribution is 5.92. The predicted octanol–water partition coefficient (Wildman–Crippen LogP) is 5.59. The molecule has 4 saturated carbocycles. The first-order chi connectivity index (χ1) is 16.1. The van der Waals surface area contributed by atoms with E-state index in [1.807, 2.05) is 6.92 Å². The number of carboxylic acid groups (broad SMARTS) is 1. The van der Waals surface area contributed by atoms with Crippen molar-refractivity contribution in [1.82, 2.24) is 0 Å². The lowest BCUT2D eigenvalue weighted by atomic mass is 9.33. The van der Waals surface area contributed by atoms with Crippen molar-refractivity contribution in [2.45, 2.75) is 99.3 Å². The lowest BCUT2D eigenvalue weighted by Gasteiger charge is -2.70. The fourth-order valence-electron chi connectivity index (χ4n) is 10.3. The van der Waals surface area contributed by atoms with Gasteiger partial charge in [-0.2, -0.15) is 0 Å². The standard InChI is InChI=1S/C30H44O5/c1-25(24(34)35)15-19-18-7-8-21-27(3)11-10-22(32)28(4,17-31)20(27)9-12-30(21,6)29(18,5)14-13-26(19,2)23(33)16-25/h7,19-21,31H,8-17H2,1-6H3,(H,34,35)/t19-,20+,21+,25-,26+,27-,28+,29+,30+/m0/s1. The van der Waals surface area contributed by atoms with Crippen LogP contribution in [0.3, 0.4) is 0 Å². The molecule has 0 heterocycles. The Hall–Kier alpha value is -1.49. The Labute approximate surface area is 210 Å². The third-order valence-electron chi connectivity index (χ3n) is 13.1. The number of carboxylic acids is 1. The molecule has 0 spiro atoms. The van der Waals surface area contributed by atoms with Crippen molar-refractivity contribution in [2.75, 3.05) is 6.61 Å². The summed E-state index contributed by atoms with van der Waals surface area (Å²) in [7, 11) is 0. The van der Waals surface area contributed by atoms with Gasteiger partial charge >= 0.3 is 5.97 Å². The van der Waals surface area contributed by atoms with Gasteiger partial charge in [0.05, 0.1) is 17.4 Å². The summed E-state index contributed by atoms with van der Waals surface area (Å²) in [5.74, 6) is 0.0289. The van der Waals surface area contributed by atoms with Gasteiger partial charge in [0.1, 0.15) is 11.6 Å². The van der Waals surface area contributed by atoms with Crippen LogP contribution >= 0.6 is 0 Å². The molecule has 0 unspecified atom stereocenters. The maximum atomic E-state index is 13.4. The Morgan fingerprint density at radius 3 is 2.29 bits per heavy atom. The van der Waals surface area contributed by atoms with E-state index < -0.39 is 22.2 Å². The molecule has 0 aliphatic heterocycles. The van der Waals surface area contributed by atoms with Crippen LogP contribution in [0.2, 0.25) is 0 Å². The topological polar surface area (TPSA) is 91.7 Å². The summed E-state index contributed by atoms with van der Waals surface area (Å²) >= 11 is 0. The van der Waals surface area contributed by atoms with Gasteiger partial charge < -0.3 is 10.2 Å². The van der Waals surface area contributed by atoms with E-state index in [-0.39, 0.29) is 52.7 Å². The van der Waals surface area contributed by atoms with Gasteiger partial charge in [0.25, 0.3) is 0 Å². The molecule has 0 bridgehead atoms. The van der Waals surface area contributed by atoms with Gasteiger partial charge in [0.2, 0.25) is 0 Å².